The molecule has 0 aliphatic heterocycles. The van der Waals surface area contributed by atoms with Crippen molar-refractivity contribution in [1.82, 2.24) is 0 Å². The molecule has 0 aliphatic carbocycles. The highest BCUT2D eigenvalue weighted by molar-refractivity contribution is 7.47. The van der Waals surface area contributed by atoms with Crippen molar-refractivity contribution < 1.29 is 42.1 Å². The largest absolute Gasteiger partial charge is 0.472 e. The average Bonchev–Trinajstić information content (AvgIpc) is 3.10. The Morgan fingerprint density at radius 3 is 1.40 bits per heavy atom. The molecular formula is C43H85NO8P+. The van der Waals surface area contributed by atoms with Crippen molar-refractivity contribution in [2.45, 2.75) is 206 Å². The molecule has 9 nitrogen and oxygen atoms in total. The molecule has 0 rings (SSSR count). The molecule has 53 heavy (non-hydrogen) atoms. The minimum absolute atomic E-state index is 0.0331. The molecule has 2 atom stereocenters. The molecule has 0 aromatic carbocycles. The van der Waals surface area contributed by atoms with Crippen LogP contribution >= 0.6 is 7.82 Å². The third-order valence-electron chi connectivity index (χ3n) is 9.55. The number of hydrogen-bond acceptors (Lipinski definition) is 7. The molecule has 0 fully saturated rings. The number of carbonyl (C=O) groups excluding carboxylic acids is 2. The number of carbonyl (C=O) groups is 2. The summed E-state index contributed by atoms with van der Waals surface area (Å²) in [6, 6.07) is 0. The number of nitrogens with zero attached hydrogens (tertiary/aromatic N) is 1. The summed E-state index contributed by atoms with van der Waals surface area (Å²) in [7, 11) is 1.48. The van der Waals surface area contributed by atoms with Crippen molar-refractivity contribution in [2.24, 2.45) is 0 Å². The molecule has 0 amide bonds. The number of quaternary nitrogens is 1. The molecule has 314 valence electrons. The lowest BCUT2D eigenvalue weighted by Crippen LogP contribution is -2.37. The number of allylic oxidation sites excluding steroid dienone is 2. The van der Waals surface area contributed by atoms with Gasteiger partial charge in [-0.05, 0) is 38.5 Å². The van der Waals surface area contributed by atoms with Gasteiger partial charge in [-0.25, -0.2) is 4.57 Å². The molecule has 0 radical (unpaired) electrons. The lowest BCUT2D eigenvalue weighted by atomic mass is 10.0. The normalized spacial score (nSPS) is 13.7. The Hall–Kier alpha value is -1.25. The van der Waals surface area contributed by atoms with Gasteiger partial charge in [0.2, 0.25) is 0 Å². The fraction of sp³-hybridized carbons (Fsp3) is 0.907. The Labute approximate surface area is 326 Å². The van der Waals surface area contributed by atoms with Crippen molar-refractivity contribution in [3.8, 4) is 0 Å². The van der Waals surface area contributed by atoms with Crippen LogP contribution in [0.4, 0.5) is 0 Å². The van der Waals surface area contributed by atoms with Gasteiger partial charge in [0.15, 0.2) is 6.10 Å². The molecule has 0 aromatic heterocycles. The lowest BCUT2D eigenvalue weighted by molar-refractivity contribution is -0.870. The standard InChI is InChI=1S/C43H84NO8P/c1-6-8-10-12-14-16-18-20-22-24-25-27-29-31-33-35-42(45)49-39-41(40-51-53(47,48)50-38-37-44(3,4)5)52-43(46)36-34-32-30-28-26-23-21-19-17-15-13-11-9-7-2/h19,21,41H,6-18,20,22-40H2,1-5H3/p+1/b21-19-/t41-/m1/s1. The van der Waals surface area contributed by atoms with Gasteiger partial charge in [-0.3, -0.25) is 18.6 Å². The highest BCUT2D eigenvalue weighted by atomic mass is 31.2. The van der Waals surface area contributed by atoms with Crippen LogP contribution in [0.1, 0.15) is 200 Å². The second-order valence-electron chi connectivity index (χ2n) is 16.1. The maximum Gasteiger partial charge on any atom is 0.472 e. The monoisotopic (exact) mass is 775 g/mol. The molecule has 1 unspecified atom stereocenters. The van der Waals surface area contributed by atoms with Crippen LogP contribution in [0.3, 0.4) is 0 Å². The summed E-state index contributed by atoms with van der Waals surface area (Å²) in [6.45, 7) is 4.42. The number of esters is 2. The topological polar surface area (TPSA) is 108 Å². The van der Waals surface area contributed by atoms with Crippen molar-refractivity contribution in [3.63, 3.8) is 0 Å². The number of ether oxygens (including phenoxy) is 2. The molecular weight excluding hydrogens is 689 g/mol. The first-order valence-electron chi connectivity index (χ1n) is 21.9. The summed E-state index contributed by atoms with van der Waals surface area (Å²) < 4.78 is 34.3. The number of unbranched alkanes of at least 4 members (excludes halogenated alkanes) is 24. The SMILES string of the molecule is CCCCCCC/C=C\CCCCCCCC(=O)O[C@H](COC(=O)CCCCCCCCCCCCCCCCC)COP(=O)(O)OCC[N+](C)(C)C. The maximum atomic E-state index is 12.7. The Bertz CT molecular complexity index is 922. The summed E-state index contributed by atoms with van der Waals surface area (Å²) in [5.74, 6) is -0.799. The van der Waals surface area contributed by atoms with E-state index in [-0.39, 0.29) is 25.6 Å². The third-order valence-corrected chi connectivity index (χ3v) is 10.5. The van der Waals surface area contributed by atoms with Gasteiger partial charge in [0.05, 0.1) is 27.7 Å². The Morgan fingerprint density at radius 1 is 0.566 bits per heavy atom. The van der Waals surface area contributed by atoms with E-state index >= 15 is 0 Å². The van der Waals surface area contributed by atoms with E-state index in [0.717, 1.165) is 51.4 Å². The fourth-order valence-electron chi connectivity index (χ4n) is 6.07. The first-order valence-corrected chi connectivity index (χ1v) is 23.4. The van der Waals surface area contributed by atoms with Crippen LogP contribution in [-0.4, -0.2) is 74.9 Å². The van der Waals surface area contributed by atoms with Crippen molar-refractivity contribution in [1.29, 1.82) is 0 Å². The quantitative estimate of drug-likeness (QED) is 0.0215. The van der Waals surface area contributed by atoms with E-state index in [9.17, 15) is 19.0 Å². The van der Waals surface area contributed by atoms with Gasteiger partial charge in [0, 0.05) is 12.8 Å². The van der Waals surface area contributed by atoms with Crippen LogP contribution in [0.5, 0.6) is 0 Å². The molecule has 0 aliphatic rings. The summed E-state index contributed by atoms with van der Waals surface area (Å²) in [5.41, 5.74) is 0. The van der Waals surface area contributed by atoms with Gasteiger partial charge in [-0.15, -0.1) is 0 Å². The van der Waals surface area contributed by atoms with Crippen molar-refractivity contribution in [3.05, 3.63) is 12.2 Å². The first-order chi connectivity index (χ1) is 25.5. The minimum Gasteiger partial charge on any atom is -0.462 e. The third kappa shape index (κ3) is 40.2. The van der Waals surface area contributed by atoms with E-state index in [0.29, 0.717) is 23.9 Å². The van der Waals surface area contributed by atoms with Gasteiger partial charge in [0.25, 0.3) is 0 Å². The zero-order chi connectivity index (χ0) is 39.3. The molecule has 0 aromatic rings. The van der Waals surface area contributed by atoms with Crippen molar-refractivity contribution in [2.75, 3.05) is 47.5 Å². The molecule has 0 saturated heterocycles. The number of likely N-dealkylation sites (N-methyl/N-ethyl adjacent to an activating group) is 1. The number of phosphoric ester groups is 1. The Morgan fingerprint density at radius 2 is 0.962 bits per heavy atom. The summed E-state index contributed by atoms with van der Waals surface area (Å²) in [6.07, 6.45) is 36.8. The fourth-order valence-corrected chi connectivity index (χ4v) is 6.81. The summed E-state index contributed by atoms with van der Waals surface area (Å²) in [4.78, 5) is 35.3. The molecule has 0 heterocycles. The van der Waals surface area contributed by atoms with E-state index in [1.165, 1.54) is 116 Å². The summed E-state index contributed by atoms with van der Waals surface area (Å²) >= 11 is 0. The number of rotatable bonds is 40. The van der Waals surface area contributed by atoms with Crippen LogP contribution in [-0.2, 0) is 32.7 Å². The second kappa shape index (κ2) is 36.4. The predicted molar refractivity (Wildman–Crippen MR) is 220 cm³/mol. The van der Waals surface area contributed by atoms with Gasteiger partial charge in [-0.1, -0.05) is 161 Å². The van der Waals surface area contributed by atoms with Gasteiger partial charge >= 0.3 is 19.8 Å². The number of phosphoric acid groups is 1. The van der Waals surface area contributed by atoms with Crippen LogP contribution in [0, 0.1) is 0 Å². The summed E-state index contributed by atoms with van der Waals surface area (Å²) in [5, 5.41) is 0. The van der Waals surface area contributed by atoms with Crippen LogP contribution in [0.25, 0.3) is 0 Å². The van der Waals surface area contributed by atoms with E-state index in [2.05, 4.69) is 26.0 Å². The Balaban J connectivity index is 4.35. The zero-order valence-electron chi connectivity index (χ0n) is 35.3. The number of hydrogen-bond donors (Lipinski definition) is 1. The average molecular weight is 775 g/mol. The van der Waals surface area contributed by atoms with Crippen LogP contribution < -0.4 is 0 Å². The van der Waals surface area contributed by atoms with Gasteiger partial charge in [0.1, 0.15) is 19.8 Å². The highest BCUT2D eigenvalue weighted by Crippen LogP contribution is 2.43. The first kappa shape index (κ1) is 51.8. The Kier molecular flexibility index (Phi) is 35.5. The van der Waals surface area contributed by atoms with Crippen molar-refractivity contribution >= 4 is 19.8 Å². The molecule has 0 spiro atoms. The van der Waals surface area contributed by atoms with Gasteiger partial charge in [-0.2, -0.15) is 0 Å². The van der Waals surface area contributed by atoms with Gasteiger partial charge < -0.3 is 18.9 Å². The van der Waals surface area contributed by atoms with E-state index in [1.54, 1.807) is 0 Å². The molecule has 1 N–H and O–H groups in total. The smallest absolute Gasteiger partial charge is 0.462 e. The molecule has 10 heteroatoms. The second-order valence-corrected chi connectivity index (χ2v) is 17.5. The molecule has 0 saturated carbocycles. The van der Waals surface area contributed by atoms with E-state index in [4.69, 9.17) is 18.5 Å². The van der Waals surface area contributed by atoms with Crippen LogP contribution in [0.2, 0.25) is 0 Å². The lowest BCUT2D eigenvalue weighted by Gasteiger charge is -2.24. The maximum absolute atomic E-state index is 12.7. The van der Waals surface area contributed by atoms with E-state index < -0.39 is 26.5 Å². The highest BCUT2D eigenvalue weighted by Gasteiger charge is 2.27. The van der Waals surface area contributed by atoms with Crippen LogP contribution in [0.15, 0.2) is 12.2 Å². The molecule has 0 bridgehead atoms. The van der Waals surface area contributed by atoms with E-state index in [1.807, 2.05) is 21.1 Å². The minimum atomic E-state index is -4.37. The predicted octanol–water partition coefficient (Wildman–Crippen LogP) is 12.2. The zero-order valence-corrected chi connectivity index (χ0v) is 36.2.